The Bertz CT molecular complexity index is 589. The second-order valence-corrected chi connectivity index (χ2v) is 6.62. The van der Waals surface area contributed by atoms with Crippen molar-refractivity contribution < 1.29 is 14.3 Å². The average Bonchev–Trinajstić information content (AvgIpc) is 3.06. The van der Waals surface area contributed by atoms with Crippen LogP contribution < -0.4 is 10.1 Å². The molecule has 25 heavy (non-hydrogen) atoms. The minimum Gasteiger partial charge on any atom is -0.496 e. The maximum absolute atomic E-state index is 12.2. The van der Waals surface area contributed by atoms with Gasteiger partial charge in [-0.3, -0.25) is 14.5 Å². The van der Waals surface area contributed by atoms with Crippen LogP contribution in [0.4, 0.5) is 0 Å². The predicted molar refractivity (Wildman–Crippen MR) is 97.6 cm³/mol. The molecule has 0 spiro atoms. The number of carbonyl (C=O) groups excluding carboxylic acids is 2. The van der Waals surface area contributed by atoms with Crippen molar-refractivity contribution in [3.8, 4) is 5.75 Å². The van der Waals surface area contributed by atoms with Crippen molar-refractivity contribution in [2.24, 2.45) is 0 Å². The van der Waals surface area contributed by atoms with Crippen LogP contribution in [-0.2, 0) is 16.0 Å². The van der Waals surface area contributed by atoms with Crippen LogP contribution in [0.1, 0.15) is 24.8 Å². The summed E-state index contributed by atoms with van der Waals surface area (Å²) >= 11 is 0. The van der Waals surface area contributed by atoms with E-state index in [9.17, 15) is 9.59 Å². The van der Waals surface area contributed by atoms with Crippen LogP contribution in [0.3, 0.4) is 0 Å². The van der Waals surface area contributed by atoms with Crippen molar-refractivity contribution in [2.75, 3.05) is 40.8 Å². The Kier molecular flexibility index (Phi) is 7.25. The zero-order valence-electron chi connectivity index (χ0n) is 15.5. The van der Waals surface area contributed by atoms with Gasteiger partial charge in [0.25, 0.3) is 0 Å². The number of hydrogen-bond donors (Lipinski definition) is 1. The van der Waals surface area contributed by atoms with Gasteiger partial charge in [0.1, 0.15) is 5.75 Å². The molecule has 0 aliphatic carbocycles. The molecular formula is C19H29N3O3. The highest BCUT2D eigenvalue weighted by atomic mass is 16.5. The van der Waals surface area contributed by atoms with Crippen molar-refractivity contribution in [2.45, 2.75) is 31.7 Å². The Morgan fingerprint density at radius 1 is 1.32 bits per heavy atom. The van der Waals surface area contributed by atoms with Crippen LogP contribution in [0.2, 0.25) is 0 Å². The molecule has 0 radical (unpaired) electrons. The molecule has 1 atom stereocenters. The van der Waals surface area contributed by atoms with Crippen molar-refractivity contribution in [1.82, 2.24) is 15.1 Å². The first-order chi connectivity index (χ1) is 12.0. The second kappa shape index (κ2) is 9.42. The summed E-state index contributed by atoms with van der Waals surface area (Å²) in [6, 6.07) is 7.56. The van der Waals surface area contributed by atoms with Crippen LogP contribution >= 0.6 is 0 Å². The number of rotatable bonds is 8. The number of nitrogens with zero attached hydrogens (tertiary/aromatic N) is 2. The molecule has 1 aromatic rings. The van der Waals surface area contributed by atoms with Crippen molar-refractivity contribution in [3.05, 3.63) is 29.8 Å². The average molecular weight is 347 g/mol. The van der Waals surface area contributed by atoms with Gasteiger partial charge in [-0.15, -0.1) is 0 Å². The molecule has 6 heteroatoms. The van der Waals surface area contributed by atoms with E-state index in [0.29, 0.717) is 13.0 Å². The molecule has 1 heterocycles. The van der Waals surface area contributed by atoms with Crippen LogP contribution in [0.25, 0.3) is 0 Å². The predicted octanol–water partition coefficient (Wildman–Crippen LogP) is 1.30. The smallest absolute Gasteiger partial charge is 0.239 e. The maximum atomic E-state index is 12.2. The van der Waals surface area contributed by atoms with E-state index in [1.54, 1.807) is 26.1 Å². The summed E-state index contributed by atoms with van der Waals surface area (Å²) in [6.07, 6.45) is 3.14. The highest BCUT2D eigenvalue weighted by Gasteiger charge is 2.30. The fraction of sp³-hybridized carbons (Fsp3) is 0.579. The van der Waals surface area contributed by atoms with E-state index in [0.717, 1.165) is 43.7 Å². The van der Waals surface area contributed by atoms with E-state index in [-0.39, 0.29) is 17.9 Å². The van der Waals surface area contributed by atoms with Crippen LogP contribution in [0, 0.1) is 0 Å². The Labute approximate surface area is 150 Å². The second-order valence-electron chi connectivity index (χ2n) is 6.62. The molecule has 0 saturated carbocycles. The van der Waals surface area contributed by atoms with Crippen molar-refractivity contribution in [1.29, 1.82) is 0 Å². The van der Waals surface area contributed by atoms with Crippen LogP contribution in [0.5, 0.6) is 5.75 Å². The molecule has 6 nitrogen and oxygen atoms in total. The highest BCUT2D eigenvalue weighted by molar-refractivity contribution is 5.81. The number of benzene rings is 1. The third-order valence-corrected chi connectivity index (χ3v) is 4.58. The number of amides is 2. The van der Waals surface area contributed by atoms with Gasteiger partial charge in [-0.25, -0.2) is 0 Å². The first-order valence-corrected chi connectivity index (χ1v) is 8.86. The summed E-state index contributed by atoms with van der Waals surface area (Å²) in [5.74, 6) is 0.907. The lowest BCUT2D eigenvalue weighted by Gasteiger charge is -2.26. The molecule has 2 amide bonds. The van der Waals surface area contributed by atoms with Gasteiger partial charge in [-0.1, -0.05) is 18.2 Å². The summed E-state index contributed by atoms with van der Waals surface area (Å²) in [5.41, 5.74) is 0.888. The number of ether oxygens (including phenoxy) is 1. The van der Waals surface area contributed by atoms with Gasteiger partial charge < -0.3 is 15.0 Å². The lowest BCUT2D eigenvalue weighted by molar-refractivity contribution is -0.133. The first kappa shape index (κ1) is 19.2. The Morgan fingerprint density at radius 2 is 2.08 bits per heavy atom. The SMILES string of the molecule is COc1ccccc1CC(=O)NCCCN1CCC[C@@H]1C(=O)N(C)C. The van der Waals surface area contributed by atoms with Gasteiger partial charge in [-0.05, 0) is 31.9 Å². The number of likely N-dealkylation sites (N-methyl/N-ethyl adjacent to an activating group) is 1. The molecule has 138 valence electrons. The van der Waals surface area contributed by atoms with Crippen molar-refractivity contribution >= 4 is 11.8 Å². The summed E-state index contributed by atoms with van der Waals surface area (Å²) in [5, 5.41) is 2.96. The van der Waals surface area contributed by atoms with E-state index in [2.05, 4.69) is 10.2 Å². The zero-order chi connectivity index (χ0) is 18.2. The summed E-state index contributed by atoms with van der Waals surface area (Å²) in [7, 11) is 5.21. The number of carbonyl (C=O) groups is 2. The molecule has 1 aliphatic heterocycles. The Morgan fingerprint density at radius 3 is 2.80 bits per heavy atom. The largest absolute Gasteiger partial charge is 0.496 e. The zero-order valence-corrected chi connectivity index (χ0v) is 15.5. The topological polar surface area (TPSA) is 61.9 Å². The molecule has 1 saturated heterocycles. The molecule has 0 aromatic heterocycles. The number of likely N-dealkylation sites (tertiary alicyclic amines) is 1. The molecule has 0 unspecified atom stereocenters. The van der Waals surface area contributed by atoms with E-state index in [4.69, 9.17) is 4.74 Å². The third-order valence-electron chi connectivity index (χ3n) is 4.58. The van der Waals surface area contributed by atoms with Gasteiger partial charge in [-0.2, -0.15) is 0 Å². The lowest BCUT2D eigenvalue weighted by Crippen LogP contribution is -2.43. The summed E-state index contributed by atoms with van der Waals surface area (Å²) in [4.78, 5) is 28.2. The number of methoxy groups -OCH3 is 1. The van der Waals surface area contributed by atoms with Crippen LogP contribution in [-0.4, -0.2) is 68.5 Å². The minimum atomic E-state index is -0.00756. The highest BCUT2D eigenvalue weighted by Crippen LogP contribution is 2.19. The molecule has 1 N–H and O–H groups in total. The number of para-hydroxylation sites is 1. The first-order valence-electron chi connectivity index (χ1n) is 8.86. The fourth-order valence-electron chi connectivity index (χ4n) is 3.27. The fourth-order valence-corrected chi connectivity index (χ4v) is 3.27. The lowest BCUT2D eigenvalue weighted by atomic mass is 10.1. The monoisotopic (exact) mass is 347 g/mol. The number of hydrogen-bond acceptors (Lipinski definition) is 4. The van der Waals surface area contributed by atoms with Gasteiger partial charge in [0.2, 0.25) is 11.8 Å². The molecular weight excluding hydrogens is 318 g/mol. The Balaban J connectivity index is 1.72. The van der Waals surface area contributed by atoms with Gasteiger partial charge in [0, 0.05) is 32.7 Å². The third kappa shape index (κ3) is 5.46. The Hall–Kier alpha value is -2.08. The minimum absolute atomic E-state index is 0.000665. The van der Waals surface area contributed by atoms with Gasteiger partial charge >= 0.3 is 0 Å². The normalized spacial score (nSPS) is 17.3. The number of nitrogens with one attached hydrogen (secondary N) is 1. The molecule has 2 rings (SSSR count). The van der Waals surface area contributed by atoms with E-state index in [1.165, 1.54) is 0 Å². The van der Waals surface area contributed by atoms with Crippen LogP contribution in [0.15, 0.2) is 24.3 Å². The molecule has 1 aliphatic rings. The quantitative estimate of drug-likeness (QED) is 0.720. The molecule has 1 aromatic carbocycles. The maximum Gasteiger partial charge on any atom is 0.239 e. The summed E-state index contributed by atoms with van der Waals surface area (Å²) < 4.78 is 5.27. The molecule has 0 bridgehead atoms. The van der Waals surface area contributed by atoms with Gasteiger partial charge in [0.05, 0.1) is 19.6 Å². The van der Waals surface area contributed by atoms with E-state index in [1.807, 2.05) is 24.3 Å². The van der Waals surface area contributed by atoms with E-state index < -0.39 is 0 Å². The van der Waals surface area contributed by atoms with E-state index >= 15 is 0 Å². The molecule has 1 fully saturated rings. The summed E-state index contributed by atoms with van der Waals surface area (Å²) in [6.45, 7) is 2.41. The standard InChI is InChI=1S/C19H29N3O3/c1-21(2)19(24)16-9-6-12-22(16)13-7-11-20-18(23)14-15-8-4-5-10-17(15)25-3/h4-5,8,10,16H,6-7,9,11-14H2,1-3H3,(H,20,23)/t16-/m1/s1. The van der Waals surface area contributed by atoms with Crippen molar-refractivity contribution in [3.63, 3.8) is 0 Å². The van der Waals surface area contributed by atoms with Gasteiger partial charge in [0.15, 0.2) is 0 Å².